The minimum Gasteiger partial charge on any atom is -0.481 e. The molecule has 0 saturated heterocycles. The van der Waals surface area contributed by atoms with E-state index in [-0.39, 0.29) is 12.3 Å². The molecule has 2 aromatic carbocycles. The van der Waals surface area contributed by atoms with Crippen LogP contribution in [0.1, 0.15) is 17.9 Å². The van der Waals surface area contributed by atoms with E-state index in [9.17, 15) is 4.79 Å². The van der Waals surface area contributed by atoms with Gasteiger partial charge < -0.3 is 9.52 Å². The van der Waals surface area contributed by atoms with Crippen molar-refractivity contribution in [3.63, 3.8) is 0 Å². The SMILES string of the molecule is O=C(O)CC(=Cc1ccc(Cl)cc1Cl)c1nc2ccccc2o1. The number of aromatic nitrogens is 1. The minimum atomic E-state index is -0.983. The lowest BCUT2D eigenvalue weighted by atomic mass is 10.1. The van der Waals surface area contributed by atoms with Crippen molar-refractivity contribution in [3.8, 4) is 0 Å². The molecule has 0 unspecified atom stereocenters. The summed E-state index contributed by atoms with van der Waals surface area (Å²) in [6.07, 6.45) is 1.42. The second-order valence-electron chi connectivity index (χ2n) is 4.89. The molecule has 3 aromatic rings. The second kappa shape index (κ2) is 6.44. The van der Waals surface area contributed by atoms with E-state index < -0.39 is 5.97 Å². The Labute approximate surface area is 142 Å². The summed E-state index contributed by atoms with van der Waals surface area (Å²) in [5.41, 5.74) is 2.34. The van der Waals surface area contributed by atoms with Crippen LogP contribution < -0.4 is 0 Å². The Morgan fingerprint density at radius 1 is 1.22 bits per heavy atom. The maximum absolute atomic E-state index is 11.2. The van der Waals surface area contributed by atoms with E-state index in [0.717, 1.165) is 0 Å². The molecule has 0 aliphatic rings. The molecule has 0 aliphatic heterocycles. The van der Waals surface area contributed by atoms with Gasteiger partial charge in [-0.1, -0.05) is 41.4 Å². The molecule has 1 heterocycles. The molecule has 0 amide bonds. The first-order chi connectivity index (χ1) is 11.0. The first-order valence-electron chi connectivity index (χ1n) is 6.76. The van der Waals surface area contributed by atoms with E-state index in [1.54, 1.807) is 36.4 Å². The van der Waals surface area contributed by atoms with Gasteiger partial charge in [0, 0.05) is 15.6 Å². The highest BCUT2D eigenvalue weighted by Crippen LogP contribution is 2.29. The van der Waals surface area contributed by atoms with Crippen LogP contribution in [0.15, 0.2) is 46.9 Å². The molecule has 0 radical (unpaired) electrons. The summed E-state index contributed by atoms with van der Waals surface area (Å²) in [7, 11) is 0. The number of para-hydroxylation sites is 2. The predicted octanol–water partition coefficient (Wildman–Crippen LogP) is 5.15. The number of oxazole rings is 1. The van der Waals surface area contributed by atoms with Crippen LogP contribution in [0.3, 0.4) is 0 Å². The monoisotopic (exact) mass is 347 g/mol. The molecule has 23 heavy (non-hydrogen) atoms. The fourth-order valence-corrected chi connectivity index (χ4v) is 2.63. The van der Waals surface area contributed by atoms with Gasteiger partial charge in [0.05, 0.1) is 6.42 Å². The molecule has 0 fully saturated rings. The lowest BCUT2D eigenvalue weighted by Gasteiger charge is -2.03. The van der Waals surface area contributed by atoms with E-state index in [2.05, 4.69) is 4.98 Å². The maximum atomic E-state index is 11.2. The van der Waals surface area contributed by atoms with Gasteiger partial charge in [-0.25, -0.2) is 4.98 Å². The van der Waals surface area contributed by atoms with Crippen molar-refractivity contribution in [2.75, 3.05) is 0 Å². The third-order valence-corrected chi connectivity index (χ3v) is 3.76. The molecule has 1 N–H and O–H groups in total. The normalized spacial score (nSPS) is 11.8. The number of carboxylic acids is 1. The largest absolute Gasteiger partial charge is 0.481 e. The Hall–Kier alpha value is -2.30. The predicted molar refractivity (Wildman–Crippen MR) is 90.6 cm³/mol. The molecule has 0 saturated carbocycles. The Morgan fingerprint density at radius 3 is 2.70 bits per heavy atom. The topological polar surface area (TPSA) is 63.3 Å². The van der Waals surface area contributed by atoms with Crippen molar-refractivity contribution in [1.82, 2.24) is 4.98 Å². The zero-order chi connectivity index (χ0) is 16.4. The second-order valence-corrected chi connectivity index (χ2v) is 5.74. The quantitative estimate of drug-likeness (QED) is 0.708. The van der Waals surface area contributed by atoms with Crippen molar-refractivity contribution in [2.45, 2.75) is 6.42 Å². The van der Waals surface area contributed by atoms with E-state index >= 15 is 0 Å². The first-order valence-corrected chi connectivity index (χ1v) is 7.52. The highest BCUT2D eigenvalue weighted by Gasteiger charge is 2.15. The summed E-state index contributed by atoms with van der Waals surface area (Å²) in [6, 6.07) is 12.2. The minimum absolute atomic E-state index is 0.230. The standard InChI is InChI=1S/C17H11Cl2NO3/c18-12-6-5-10(13(19)9-12)7-11(8-16(21)22)17-20-14-3-1-2-4-15(14)23-17/h1-7,9H,8H2,(H,21,22). The fourth-order valence-electron chi connectivity index (χ4n) is 2.17. The van der Waals surface area contributed by atoms with Gasteiger partial charge in [-0.3, -0.25) is 4.79 Å². The number of rotatable bonds is 4. The molecular formula is C17H11Cl2NO3. The zero-order valence-corrected chi connectivity index (χ0v) is 13.3. The van der Waals surface area contributed by atoms with Crippen LogP contribution in [-0.4, -0.2) is 16.1 Å². The third kappa shape index (κ3) is 3.55. The van der Waals surface area contributed by atoms with Crippen LogP contribution in [0.4, 0.5) is 0 Å². The summed E-state index contributed by atoms with van der Waals surface area (Å²) in [6.45, 7) is 0. The molecule has 6 heteroatoms. The number of benzene rings is 2. The van der Waals surface area contributed by atoms with Crippen LogP contribution in [0.2, 0.25) is 10.0 Å². The summed E-state index contributed by atoms with van der Waals surface area (Å²) in [4.78, 5) is 15.5. The van der Waals surface area contributed by atoms with Crippen LogP contribution in [0.5, 0.6) is 0 Å². The number of hydrogen-bond acceptors (Lipinski definition) is 3. The molecule has 0 spiro atoms. The van der Waals surface area contributed by atoms with Crippen molar-refractivity contribution in [3.05, 3.63) is 64.0 Å². The van der Waals surface area contributed by atoms with Gasteiger partial charge in [-0.15, -0.1) is 0 Å². The molecule has 3 rings (SSSR count). The van der Waals surface area contributed by atoms with E-state index in [4.69, 9.17) is 32.7 Å². The number of fused-ring (bicyclic) bond motifs is 1. The van der Waals surface area contributed by atoms with E-state index in [1.807, 2.05) is 12.1 Å². The van der Waals surface area contributed by atoms with Crippen LogP contribution in [0, 0.1) is 0 Å². The zero-order valence-electron chi connectivity index (χ0n) is 11.8. The van der Waals surface area contributed by atoms with Crippen LogP contribution >= 0.6 is 23.2 Å². The lowest BCUT2D eigenvalue weighted by molar-refractivity contribution is -0.135. The lowest BCUT2D eigenvalue weighted by Crippen LogP contribution is -1.97. The molecule has 0 aliphatic carbocycles. The number of carboxylic acid groups (broad SMARTS) is 1. The number of nitrogens with zero attached hydrogens (tertiary/aromatic N) is 1. The maximum Gasteiger partial charge on any atom is 0.308 e. The fraction of sp³-hybridized carbons (Fsp3) is 0.0588. The van der Waals surface area contributed by atoms with Crippen molar-refractivity contribution in [2.24, 2.45) is 0 Å². The van der Waals surface area contributed by atoms with E-state index in [0.29, 0.717) is 32.3 Å². The average Bonchev–Trinajstić information content (AvgIpc) is 2.92. The molecule has 0 atom stereocenters. The Kier molecular flexibility index (Phi) is 4.37. The highest BCUT2D eigenvalue weighted by molar-refractivity contribution is 6.35. The molecule has 116 valence electrons. The number of halogens is 2. The highest BCUT2D eigenvalue weighted by atomic mass is 35.5. The molecule has 1 aromatic heterocycles. The Morgan fingerprint density at radius 2 is 2.00 bits per heavy atom. The summed E-state index contributed by atoms with van der Waals surface area (Å²) in [5.74, 6) is -0.719. The molecule has 4 nitrogen and oxygen atoms in total. The number of hydrogen-bond donors (Lipinski definition) is 1. The van der Waals surface area contributed by atoms with Gasteiger partial charge in [-0.05, 0) is 35.9 Å². The van der Waals surface area contributed by atoms with Crippen molar-refractivity contribution >= 4 is 51.9 Å². The van der Waals surface area contributed by atoms with Crippen LogP contribution in [-0.2, 0) is 4.79 Å². The number of aliphatic carboxylic acids is 1. The van der Waals surface area contributed by atoms with Gasteiger partial charge >= 0.3 is 5.97 Å². The first kappa shape index (κ1) is 15.6. The van der Waals surface area contributed by atoms with Gasteiger partial charge in [-0.2, -0.15) is 0 Å². The summed E-state index contributed by atoms with van der Waals surface area (Å²) < 4.78 is 5.65. The third-order valence-electron chi connectivity index (χ3n) is 3.20. The van der Waals surface area contributed by atoms with Crippen LogP contribution in [0.25, 0.3) is 22.7 Å². The van der Waals surface area contributed by atoms with Gasteiger partial charge in [0.25, 0.3) is 0 Å². The van der Waals surface area contributed by atoms with Gasteiger partial charge in [0.1, 0.15) is 5.52 Å². The molecular weight excluding hydrogens is 337 g/mol. The average molecular weight is 348 g/mol. The molecule has 0 bridgehead atoms. The van der Waals surface area contributed by atoms with Crippen molar-refractivity contribution < 1.29 is 14.3 Å². The van der Waals surface area contributed by atoms with E-state index in [1.165, 1.54) is 0 Å². The van der Waals surface area contributed by atoms with Gasteiger partial charge in [0.2, 0.25) is 5.89 Å². The number of carbonyl (C=O) groups is 1. The summed E-state index contributed by atoms with van der Waals surface area (Å²) in [5, 5.41) is 10.1. The summed E-state index contributed by atoms with van der Waals surface area (Å²) >= 11 is 12.0. The smallest absolute Gasteiger partial charge is 0.308 e. The van der Waals surface area contributed by atoms with Crippen molar-refractivity contribution in [1.29, 1.82) is 0 Å². The Bertz CT molecular complexity index is 882. The van der Waals surface area contributed by atoms with Gasteiger partial charge in [0.15, 0.2) is 5.58 Å². The Balaban J connectivity index is 2.09.